The van der Waals surface area contributed by atoms with Crippen molar-refractivity contribution in [3.63, 3.8) is 0 Å². The molecular weight excluding hydrogens is 212 g/mol. The number of piperidine rings is 1. The van der Waals surface area contributed by atoms with E-state index >= 15 is 0 Å². The average Bonchev–Trinajstić information content (AvgIpc) is 2.22. The van der Waals surface area contributed by atoms with E-state index in [1.807, 2.05) is 13.8 Å². The van der Waals surface area contributed by atoms with Crippen molar-refractivity contribution < 1.29 is 17.2 Å². The molecule has 0 atom stereocenters. The van der Waals surface area contributed by atoms with Gasteiger partial charge in [0.25, 0.3) is 10.0 Å². The largest absolute Gasteiger partial charge is 0.350 e. The number of halogens is 2. The predicted molar refractivity (Wildman–Crippen MR) is 51.7 cm³/mol. The molecule has 1 aliphatic heterocycles. The molecule has 86 valence electrons. The Balaban J connectivity index is 0.000000791. The van der Waals surface area contributed by atoms with Gasteiger partial charge in [0, 0.05) is 13.1 Å². The van der Waals surface area contributed by atoms with E-state index in [1.165, 1.54) is 0 Å². The Morgan fingerprint density at radius 3 is 1.86 bits per heavy atom. The first kappa shape index (κ1) is 13.8. The summed E-state index contributed by atoms with van der Waals surface area (Å²) in [6, 6.07) is 0. The van der Waals surface area contributed by atoms with Crippen LogP contribution >= 0.6 is 0 Å². The second-order valence-corrected chi connectivity index (χ2v) is 4.67. The van der Waals surface area contributed by atoms with Gasteiger partial charge >= 0.3 is 5.76 Å². The van der Waals surface area contributed by atoms with Crippen molar-refractivity contribution in [2.45, 2.75) is 38.9 Å². The summed E-state index contributed by atoms with van der Waals surface area (Å²) in [7, 11) is -4.30. The van der Waals surface area contributed by atoms with Crippen LogP contribution in [0.1, 0.15) is 33.1 Å². The lowest BCUT2D eigenvalue weighted by Gasteiger charge is -2.25. The molecule has 6 heteroatoms. The number of nitrogens with zero attached hydrogens (tertiary/aromatic N) is 1. The SMILES string of the molecule is CC.O=S(=O)(C(F)F)N1CCCCC1. The van der Waals surface area contributed by atoms with Crippen molar-refractivity contribution in [3.05, 3.63) is 0 Å². The summed E-state index contributed by atoms with van der Waals surface area (Å²) < 4.78 is 46.5. The van der Waals surface area contributed by atoms with Crippen LogP contribution in [0.5, 0.6) is 0 Å². The second kappa shape index (κ2) is 6.29. The number of sulfonamides is 1. The van der Waals surface area contributed by atoms with Crippen LogP contribution in [0.2, 0.25) is 0 Å². The van der Waals surface area contributed by atoms with E-state index < -0.39 is 15.8 Å². The van der Waals surface area contributed by atoms with Gasteiger partial charge in [-0.2, -0.15) is 13.1 Å². The van der Waals surface area contributed by atoms with Gasteiger partial charge in [-0.05, 0) is 12.8 Å². The average molecular weight is 229 g/mol. The topological polar surface area (TPSA) is 37.4 Å². The molecule has 0 bridgehead atoms. The number of hydrogen-bond acceptors (Lipinski definition) is 2. The van der Waals surface area contributed by atoms with E-state index in [0.29, 0.717) is 12.8 Å². The molecule has 0 spiro atoms. The molecule has 0 aromatic rings. The van der Waals surface area contributed by atoms with E-state index in [-0.39, 0.29) is 13.1 Å². The highest BCUT2D eigenvalue weighted by atomic mass is 32.2. The lowest BCUT2D eigenvalue weighted by molar-refractivity contribution is 0.213. The fraction of sp³-hybridized carbons (Fsp3) is 1.00. The van der Waals surface area contributed by atoms with Gasteiger partial charge in [0.2, 0.25) is 0 Å². The number of alkyl halides is 2. The molecule has 0 radical (unpaired) electrons. The van der Waals surface area contributed by atoms with Crippen LogP contribution in [0.4, 0.5) is 8.78 Å². The molecule has 1 heterocycles. The van der Waals surface area contributed by atoms with Gasteiger partial charge in [-0.15, -0.1) is 0 Å². The smallest absolute Gasteiger partial charge is 0.206 e. The third-order valence-corrected chi connectivity index (χ3v) is 3.44. The number of hydrogen-bond donors (Lipinski definition) is 0. The fourth-order valence-electron chi connectivity index (χ4n) is 1.23. The monoisotopic (exact) mass is 229 g/mol. The van der Waals surface area contributed by atoms with Gasteiger partial charge in [-0.1, -0.05) is 20.3 Å². The molecular formula is C8H17F2NO2S. The van der Waals surface area contributed by atoms with Crippen LogP contribution < -0.4 is 0 Å². The van der Waals surface area contributed by atoms with Gasteiger partial charge in [-0.3, -0.25) is 0 Å². The first-order valence-corrected chi connectivity index (χ1v) is 6.32. The molecule has 3 nitrogen and oxygen atoms in total. The van der Waals surface area contributed by atoms with Crippen molar-refractivity contribution in [1.29, 1.82) is 0 Å². The molecule has 1 saturated heterocycles. The number of rotatable bonds is 2. The van der Waals surface area contributed by atoms with Gasteiger partial charge in [0.05, 0.1) is 0 Å². The van der Waals surface area contributed by atoms with Crippen LogP contribution in [0.3, 0.4) is 0 Å². The Morgan fingerprint density at radius 1 is 1.07 bits per heavy atom. The fourth-order valence-corrected chi connectivity index (χ4v) is 2.22. The van der Waals surface area contributed by atoms with E-state index in [1.54, 1.807) is 0 Å². The van der Waals surface area contributed by atoms with Crippen molar-refractivity contribution >= 4 is 10.0 Å². The zero-order chi connectivity index (χ0) is 11.2. The van der Waals surface area contributed by atoms with Crippen LogP contribution in [0.25, 0.3) is 0 Å². The van der Waals surface area contributed by atoms with Crippen molar-refractivity contribution in [3.8, 4) is 0 Å². The Labute approximate surface area is 84.1 Å². The van der Waals surface area contributed by atoms with Crippen molar-refractivity contribution in [1.82, 2.24) is 4.31 Å². The quantitative estimate of drug-likeness (QED) is 0.726. The third kappa shape index (κ3) is 3.49. The Kier molecular flexibility index (Phi) is 6.19. The Hall–Kier alpha value is -0.230. The first-order chi connectivity index (χ1) is 6.55. The maximum atomic E-state index is 12.0. The summed E-state index contributed by atoms with van der Waals surface area (Å²) in [6.45, 7) is 4.49. The third-order valence-electron chi connectivity index (χ3n) is 1.90. The van der Waals surface area contributed by atoms with Crippen LogP contribution in [-0.4, -0.2) is 31.6 Å². The van der Waals surface area contributed by atoms with Crippen LogP contribution in [0, 0.1) is 0 Å². The van der Waals surface area contributed by atoms with E-state index in [2.05, 4.69) is 0 Å². The molecule has 1 rings (SSSR count). The molecule has 0 aromatic carbocycles. The van der Waals surface area contributed by atoms with E-state index in [0.717, 1.165) is 10.7 Å². The molecule has 0 saturated carbocycles. The van der Waals surface area contributed by atoms with E-state index in [4.69, 9.17) is 0 Å². The Bertz CT molecular complexity index is 236. The molecule has 0 amide bonds. The summed E-state index contributed by atoms with van der Waals surface area (Å²) in [4.78, 5) is 0. The minimum Gasteiger partial charge on any atom is -0.206 e. The molecule has 1 aliphatic rings. The predicted octanol–water partition coefficient (Wildman–Crippen LogP) is 2.05. The summed E-state index contributed by atoms with van der Waals surface area (Å²) >= 11 is 0. The highest BCUT2D eigenvalue weighted by molar-refractivity contribution is 7.89. The molecule has 0 unspecified atom stereocenters. The van der Waals surface area contributed by atoms with Crippen molar-refractivity contribution in [2.24, 2.45) is 0 Å². The summed E-state index contributed by atoms with van der Waals surface area (Å²) in [6.07, 6.45) is 2.30. The molecule has 1 fully saturated rings. The van der Waals surface area contributed by atoms with Crippen LogP contribution in [0.15, 0.2) is 0 Å². The maximum Gasteiger partial charge on any atom is 0.350 e. The minimum atomic E-state index is -4.30. The minimum absolute atomic E-state index is 0.243. The lowest BCUT2D eigenvalue weighted by atomic mass is 10.2. The van der Waals surface area contributed by atoms with Gasteiger partial charge in [-0.25, -0.2) is 8.42 Å². The molecule has 0 aliphatic carbocycles. The molecule has 14 heavy (non-hydrogen) atoms. The zero-order valence-electron chi connectivity index (χ0n) is 8.54. The summed E-state index contributed by atoms with van der Waals surface area (Å²) in [5.74, 6) is -3.27. The lowest BCUT2D eigenvalue weighted by Crippen LogP contribution is -2.38. The van der Waals surface area contributed by atoms with Gasteiger partial charge in [0.15, 0.2) is 0 Å². The first-order valence-electron chi connectivity index (χ1n) is 4.82. The second-order valence-electron chi connectivity index (χ2n) is 2.77. The standard InChI is InChI=1S/C6H11F2NO2S.C2H6/c7-6(8)12(10,11)9-4-2-1-3-5-9;1-2/h6H,1-5H2;1-2H3. The summed E-state index contributed by atoms with van der Waals surface area (Å²) in [5.41, 5.74) is 0. The zero-order valence-corrected chi connectivity index (χ0v) is 9.36. The van der Waals surface area contributed by atoms with E-state index in [9.17, 15) is 17.2 Å². The van der Waals surface area contributed by atoms with Gasteiger partial charge < -0.3 is 0 Å². The Morgan fingerprint density at radius 2 is 1.50 bits per heavy atom. The molecule has 0 aromatic heterocycles. The van der Waals surface area contributed by atoms with Crippen LogP contribution in [-0.2, 0) is 10.0 Å². The molecule has 0 N–H and O–H groups in total. The van der Waals surface area contributed by atoms with Crippen molar-refractivity contribution in [2.75, 3.05) is 13.1 Å². The van der Waals surface area contributed by atoms with Gasteiger partial charge in [0.1, 0.15) is 0 Å². The highest BCUT2D eigenvalue weighted by Gasteiger charge is 2.32. The summed E-state index contributed by atoms with van der Waals surface area (Å²) in [5, 5.41) is 0. The normalized spacial score (nSPS) is 18.9. The highest BCUT2D eigenvalue weighted by Crippen LogP contribution is 2.17. The maximum absolute atomic E-state index is 12.0.